The van der Waals surface area contributed by atoms with Crippen LogP contribution in [-0.2, 0) is 15.3 Å². The van der Waals surface area contributed by atoms with Gasteiger partial charge < -0.3 is 9.47 Å². The first-order valence-electron chi connectivity index (χ1n) is 12.5. The molecule has 0 atom stereocenters. The topological polar surface area (TPSA) is 52.6 Å². The molecule has 0 fully saturated rings. The normalized spacial score (nSPS) is 12.2. The molecule has 4 rings (SSSR count). The van der Waals surface area contributed by atoms with Crippen LogP contribution in [0.3, 0.4) is 0 Å². The maximum absolute atomic E-state index is 13.2. The Bertz CT molecular complexity index is 1430. The number of hydrogen-bond donors (Lipinski definition) is 0. The molecule has 0 heterocycles. The molecule has 0 spiro atoms. The second-order valence-electron chi connectivity index (χ2n) is 9.71. The molecule has 0 aliphatic heterocycles. The van der Waals surface area contributed by atoms with Gasteiger partial charge in [-0.3, -0.25) is 0 Å². The molecule has 0 N–H and O–H groups in total. The van der Waals surface area contributed by atoms with Gasteiger partial charge in [-0.15, -0.1) is 0 Å². The SMILES string of the molecule is CCC(C)(CC)c1ccc(S(=O)(=O)c2ccc(Oc3ccc4cc(OC(C)C)ccc4c3)cc2)cc1. The lowest BCUT2D eigenvalue weighted by Gasteiger charge is -2.27. The van der Waals surface area contributed by atoms with Crippen LogP contribution in [-0.4, -0.2) is 14.5 Å². The fraction of sp³-hybridized carbons (Fsp3) is 0.290. The Balaban J connectivity index is 1.51. The Morgan fingerprint density at radius 3 is 1.69 bits per heavy atom. The van der Waals surface area contributed by atoms with Crippen LogP contribution in [0.2, 0.25) is 0 Å². The Labute approximate surface area is 214 Å². The standard InChI is InChI=1S/C31H34O4S/c1-6-31(5,7-2)25-10-16-29(17-11-25)36(32,33)30-18-14-26(15-19-30)35-28-13-9-23-20-27(34-22(3)4)12-8-24(23)21-28/h8-22H,6-7H2,1-5H3. The summed E-state index contributed by atoms with van der Waals surface area (Å²) < 4.78 is 38.2. The molecule has 0 saturated carbocycles. The van der Waals surface area contributed by atoms with Gasteiger partial charge in [-0.1, -0.05) is 45.0 Å². The van der Waals surface area contributed by atoms with Crippen molar-refractivity contribution in [2.24, 2.45) is 0 Å². The van der Waals surface area contributed by atoms with Gasteiger partial charge in [-0.05, 0) is 109 Å². The molecule has 0 saturated heterocycles. The number of ether oxygens (including phenoxy) is 2. The zero-order valence-corrected chi connectivity index (χ0v) is 22.4. The molecule has 0 radical (unpaired) electrons. The fourth-order valence-corrected chi connectivity index (χ4v) is 5.53. The highest BCUT2D eigenvalue weighted by atomic mass is 32.2. The van der Waals surface area contributed by atoms with Crippen LogP contribution in [0, 0.1) is 0 Å². The third kappa shape index (κ3) is 5.41. The first kappa shape index (κ1) is 25.8. The van der Waals surface area contributed by atoms with Gasteiger partial charge in [0, 0.05) is 0 Å². The van der Waals surface area contributed by atoms with E-state index in [0.717, 1.165) is 34.9 Å². The summed E-state index contributed by atoms with van der Waals surface area (Å²) in [5.74, 6) is 2.09. The number of hydrogen-bond acceptors (Lipinski definition) is 4. The van der Waals surface area contributed by atoms with E-state index in [1.165, 1.54) is 0 Å². The summed E-state index contributed by atoms with van der Waals surface area (Å²) in [4.78, 5) is 0.539. The molecule has 0 aromatic heterocycles. The molecule has 0 aliphatic rings. The van der Waals surface area contributed by atoms with Crippen molar-refractivity contribution < 1.29 is 17.9 Å². The molecular formula is C31H34O4S. The van der Waals surface area contributed by atoms with Crippen molar-refractivity contribution in [1.29, 1.82) is 0 Å². The summed E-state index contributed by atoms with van der Waals surface area (Å²) in [7, 11) is -3.61. The molecule has 4 nitrogen and oxygen atoms in total. The third-order valence-electron chi connectivity index (χ3n) is 6.95. The van der Waals surface area contributed by atoms with Crippen LogP contribution in [0.5, 0.6) is 17.2 Å². The predicted molar refractivity (Wildman–Crippen MR) is 146 cm³/mol. The Hall–Kier alpha value is -3.31. The number of benzene rings is 4. The van der Waals surface area contributed by atoms with Crippen molar-refractivity contribution in [2.45, 2.75) is 68.8 Å². The van der Waals surface area contributed by atoms with E-state index in [0.29, 0.717) is 16.4 Å². The lowest BCUT2D eigenvalue weighted by molar-refractivity contribution is 0.243. The van der Waals surface area contributed by atoms with Crippen LogP contribution in [0.15, 0.2) is 94.7 Å². The van der Waals surface area contributed by atoms with Crippen LogP contribution in [0.25, 0.3) is 10.8 Å². The second kappa shape index (κ2) is 10.4. The lowest BCUT2D eigenvalue weighted by atomic mass is 9.78. The highest BCUT2D eigenvalue weighted by Crippen LogP contribution is 2.33. The lowest BCUT2D eigenvalue weighted by Crippen LogP contribution is -2.19. The zero-order chi connectivity index (χ0) is 25.9. The summed E-state index contributed by atoms with van der Waals surface area (Å²) in [5, 5.41) is 2.10. The summed E-state index contributed by atoms with van der Waals surface area (Å²) in [6, 6.07) is 25.7. The Morgan fingerprint density at radius 2 is 1.17 bits per heavy atom. The van der Waals surface area contributed by atoms with Crippen LogP contribution in [0.1, 0.15) is 53.0 Å². The van der Waals surface area contributed by atoms with Gasteiger partial charge in [0.1, 0.15) is 17.2 Å². The molecule has 5 heteroatoms. The van der Waals surface area contributed by atoms with Crippen molar-refractivity contribution in [3.63, 3.8) is 0 Å². The van der Waals surface area contributed by atoms with Crippen molar-refractivity contribution in [2.75, 3.05) is 0 Å². The largest absolute Gasteiger partial charge is 0.491 e. The van der Waals surface area contributed by atoms with E-state index in [9.17, 15) is 8.42 Å². The molecule has 0 bridgehead atoms. The van der Waals surface area contributed by atoms with Crippen molar-refractivity contribution in [3.8, 4) is 17.2 Å². The summed E-state index contributed by atoms with van der Waals surface area (Å²) in [5.41, 5.74) is 1.21. The molecule has 36 heavy (non-hydrogen) atoms. The molecular weight excluding hydrogens is 468 g/mol. The van der Waals surface area contributed by atoms with Crippen molar-refractivity contribution in [1.82, 2.24) is 0 Å². The van der Waals surface area contributed by atoms with E-state index in [1.807, 2.05) is 62.4 Å². The summed E-state index contributed by atoms with van der Waals surface area (Å²) in [6.07, 6.45) is 2.12. The Morgan fingerprint density at radius 1 is 0.694 bits per heavy atom. The van der Waals surface area contributed by atoms with E-state index in [-0.39, 0.29) is 16.4 Å². The zero-order valence-electron chi connectivity index (χ0n) is 21.6. The van der Waals surface area contributed by atoms with E-state index in [4.69, 9.17) is 9.47 Å². The van der Waals surface area contributed by atoms with E-state index in [2.05, 4.69) is 20.8 Å². The van der Waals surface area contributed by atoms with Crippen LogP contribution in [0.4, 0.5) is 0 Å². The average Bonchev–Trinajstić information content (AvgIpc) is 2.88. The van der Waals surface area contributed by atoms with Crippen molar-refractivity contribution >= 4 is 20.6 Å². The van der Waals surface area contributed by atoms with Gasteiger partial charge in [0.15, 0.2) is 0 Å². The van der Waals surface area contributed by atoms with E-state index in [1.54, 1.807) is 36.4 Å². The maximum atomic E-state index is 13.2. The van der Waals surface area contributed by atoms with Crippen LogP contribution < -0.4 is 9.47 Å². The van der Waals surface area contributed by atoms with Gasteiger partial charge >= 0.3 is 0 Å². The molecule has 4 aromatic carbocycles. The molecule has 0 aliphatic carbocycles. The minimum atomic E-state index is -3.61. The monoisotopic (exact) mass is 502 g/mol. The maximum Gasteiger partial charge on any atom is 0.206 e. The van der Waals surface area contributed by atoms with Crippen molar-refractivity contribution in [3.05, 3.63) is 90.5 Å². The number of fused-ring (bicyclic) bond motifs is 1. The van der Waals surface area contributed by atoms with Gasteiger partial charge in [0.25, 0.3) is 0 Å². The minimum absolute atomic E-state index is 0.0498. The first-order valence-corrected chi connectivity index (χ1v) is 14.0. The number of rotatable bonds is 9. The van der Waals surface area contributed by atoms with Gasteiger partial charge in [0.2, 0.25) is 9.84 Å². The predicted octanol–water partition coefficient (Wildman–Crippen LogP) is 8.33. The number of sulfone groups is 1. The quantitative estimate of drug-likeness (QED) is 0.231. The third-order valence-corrected chi connectivity index (χ3v) is 8.73. The highest BCUT2D eigenvalue weighted by molar-refractivity contribution is 7.91. The molecule has 0 amide bonds. The van der Waals surface area contributed by atoms with Gasteiger partial charge in [-0.25, -0.2) is 8.42 Å². The summed E-state index contributed by atoms with van der Waals surface area (Å²) in [6.45, 7) is 10.5. The smallest absolute Gasteiger partial charge is 0.206 e. The fourth-order valence-electron chi connectivity index (χ4n) is 4.26. The highest BCUT2D eigenvalue weighted by Gasteiger charge is 2.24. The van der Waals surface area contributed by atoms with Crippen LogP contribution >= 0.6 is 0 Å². The average molecular weight is 503 g/mol. The summed E-state index contributed by atoms with van der Waals surface area (Å²) >= 11 is 0. The first-order chi connectivity index (χ1) is 17.1. The minimum Gasteiger partial charge on any atom is -0.491 e. The molecule has 188 valence electrons. The second-order valence-corrected chi connectivity index (χ2v) is 11.7. The van der Waals surface area contributed by atoms with Gasteiger partial charge in [-0.2, -0.15) is 0 Å². The van der Waals surface area contributed by atoms with Gasteiger partial charge in [0.05, 0.1) is 15.9 Å². The molecule has 0 unspecified atom stereocenters. The van der Waals surface area contributed by atoms with E-state index < -0.39 is 9.84 Å². The van der Waals surface area contributed by atoms with E-state index >= 15 is 0 Å². The molecule has 4 aromatic rings. The Kier molecular flexibility index (Phi) is 7.41.